The summed E-state index contributed by atoms with van der Waals surface area (Å²) in [5.41, 5.74) is 0.443. The summed E-state index contributed by atoms with van der Waals surface area (Å²) in [4.78, 5) is 28.3. The number of anilines is 2. The van der Waals surface area contributed by atoms with Gasteiger partial charge >= 0.3 is 0 Å². The molecule has 2 aromatic rings. The van der Waals surface area contributed by atoms with E-state index in [0.29, 0.717) is 28.2 Å². The second-order valence-corrected chi connectivity index (χ2v) is 5.47. The minimum Gasteiger partial charge on any atom is -0.495 e. The lowest BCUT2D eigenvalue weighted by Crippen LogP contribution is -2.24. The molecule has 3 rings (SSSR count). The zero-order valence-corrected chi connectivity index (χ0v) is 13.2. The third-order valence-electron chi connectivity index (χ3n) is 3.38. The van der Waals surface area contributed by atoms with Crippen LogP contribution in [0.4, 0.5) is 11.6 Å². The lowest BCUT2D eigenvalue weighted by Gasteiger charge is -2.12. The van der Waals surface area contributed by atoms with Crippen molar-refractivity contribution < 1.29 is 14.3 Å². The summed E-state index contributed by atoms with van der Waals surface area (Å²) in [5, 5.41) is 9.89. The molecule has 1 atom stereocenters. The van der Waals surface area contributed by atoms with Crippen LogP contribution in [-0.2, 0) is 9.59 Å². The first-order valence-corrected chi connectivity index (χ1v) is 7.23. The van der Waals surface area contributed by atoms with Crippen molar-refractivity contribution in [3.63, 3.8) is 0 Å². The maximum Gasteiger partial charge on any atom is 0.252 e. The third-order valence-corrected chi connectivity index (χ3v) is 3.62. The van der Waals surface area contributed by atoms with E-state index in [1.165, 1.54) is 11.8 Å². The van der Waals surface area contributed by atoms with Gasteiger partial charge in [-0.1, -0.05) is 11.6 Å². The number of halogens is 1. The van der Waals surface area contributed by atoms with Gasteiger partial charge in [0.1, 0.15) is 17.6 Å². The van der Waals surface area contributed by atoms with E-state index in [0.717, 1.165) is 0 Å². The molecule has 1 aliphatic rings. The minimum absolute atomic E-state index is 0.0721. The Morgan fingerprint density at radius 1 is 1.52 bits per heavy atom. The smallest absolute Gasteiger partial charge is 0.252 e. The zero-order valence-electron chi connectivity index (χ0n) is 12.5. The monoisotopic (exact) mass is 335 g/mol. The van der Waals surface area contributed by atoms with Gasteiger partial charge in [-0.3, -0.25) is 14.9 Å². The van der Waals surface area contributed by atoms with Crippen molar-refractivity contribution in [3.05, 3.63) is 29.0 Å². The molecule has 8 nitrogen and oxygen atoms in total. The summed E-state index contributed by atoms with van der Waals surface area (Å²) in [6.45, 7) is 1.71. The normalized spacial score (nSPS) is 16.0. The average molecular weight is 336 g/mol. The van der Waals surface area contributed by atoms with Gasteiger partial charge in [0.05, 0.1) is 19.2 Å². The van der Waals surface area contributed by atoms with Crippen molar-refractivity contribution in [1.29, 1.82) is 0 Å². The van der Waals surface area contributed by atoms with Crippen molar-refractivity contribution in [1.82, 2.24) is 14.8 Å². The van der Waals surface area contributed by atoms with Crippen LogP contribution >= 0.6 is 11.6 Å². The molecule has 1 aromatic heterocycles. The molecule has 9 heteroatoms. The summed E-state index contributed by atoms with van der Waals surface area (Å²) in [7, 11) is 1.49. The second-order valence-electron chi connectivity index (χ2n) is 5.03. The standard InChI is InChI=1S/C14H14ClN5O3/c1-7-16-14-18-13(22)10(20(14)19-7)6-12(21)17-9-5-8(15)3-4-11(9)23-2/h3-5,10H,6H2,1-2H3,(H,17,21)(H,16,18,19,22). The summed E-state index contributed by atoms with van der Waals surface area (Å²) < 4.78 is 6.59. The fraction of sp³-hybridized carbons (Fsp3) is 0.286. The van der Waals surface area contributed by atoms with Crippen LogP contribution in [-0.4, -0.2) is 33.7 Å². The van der Waals surface area contributed by atoms with Crippen molar-refractivity contribution >= 4 is 35.1 Å². The molecular weight excluding hydrogens is 322 g/mol. The number of fused-ring (bicyclic) bond motifs is 1. The van der Waals surface area contributed by atoms with Crippen LogP contribution in [0, 0.1) is 6.92 Å². The Balaban J connectivity index is 1.75. The minimum atomic E-state index is -0.726. The van der Waals surface area contributed by atoms with Gasteiger partial charge in [-0.05, 0) is 25.1 Å². The van der Waals surface area contributed by atoms with Gasteiger partial charge in [0.25, 0.3) is 5.91 Å². The van der Waals surface area contributed by atoms with Crippen LogP contribution in [0.3, 0.4) is 0 Å². The number of carbonyl (C=O) groups is 2. The molecule has 0 saturated carbocycles. The highest BCUT2D eigenvalue weighted by atomic mass is 35.5. The number of methoxy groups -OCH3 is 1. The molecule has 0 saturated heterocycles. The maximum absolute atomic E-state index is 12.3. The predicted octanol–water partition coefficient (Wildman–Crippen LogP) is 1.77. The van der Waals surface area contributed by atoms with E-state index in [1.807, 2.05) is 0 Å². The molecule has 0 fully saturated rings. The van der Waals surface area contributed by atoms with E-state index in [-0.39, 0.29) is 18.2 Å². The third kappa shape index (κ3) is 2.98. The van der Waals surface area contributed by atoms with Crippen LogP contribution in [0.25, 0.3) is 0 Å². The topological polar surface area (TPSA) is 98.1 Å². The Hall–Kier alpha value is -2.61. The summed E-state index contributed by atoms with van der Waals surface area (Å²) in [6, 6.07) is 4.17. The van der Waals surface area contributed by atoms with E-state index in [9.17, 15) is 9.59 Å². The number of rotatable bonds is 4. The number of aromatic nitrogens is 3. The molecule has 1 aliphatic heterocycles. The van der Waals surface area contributed by atoms with Crippen LogP contribution in [0.1, 0.15) is 18.3 Å². The molecule has 0 aliphatic carbocycles. The molecule has 0 spiro atoms. The number of hydrogen-bond acceptors (Lipinski definition) is 5. The van der Waals surface area contributed by atoms with Gasteiger partial charge < -0.3 is 10.1 Å². The van der Waals surface area contributed by atoms with Gasteiger partial charge in [-0.2, -0.15) is 10.1 Å². The average Bonchev–Trinajstić information content (AvgIpc) is 2.97. The van der Waals surface area contributed by atoms with Crippen molar-refractivity contribution in [2.75, 3.05) is 17.7 Å². The van der Waals surface area contributed by atoms with Crippen LogP contribution in [0.2, 0.25) is 5.02 Å². The number of hydrogen-bond donors (Lipinski definition) is 2. The highest BCUT2D eigenvalue weighted by Crippen LogP contribution is 2.29. The summed E-state index contributed by atoms with van der Waals surface area (Å²) in [5.74, 6) is 0.698. The van der Waals surface area contributed by atoms with Gasteiger partial charge in [-0.25, -0.2) is 4.68 Å². The van der Waals surface area contributed by atoms with E-state index in [1.54, 1.807) is 25.1 Å². The van der Waals surface area contributed by atoms with Crippen LogP contribution < -0.4 is 15.4 Å². The number of benzene rings is 1. The Morgan fingerprint density at radius 2 is 2.30 bits per heavy atom. The second kappa shape index (κ2) is 5.88. The van der Waals surface area contributed by atoms with Gasteiger partial charge in [-0.15, -0.1) is 0 Å². The highest BCUT2D eigenvalue weighted by Gasteiger charge is 2.34. The zero-order chi connectivity index (χ0) is 16.6. The van der Waals surface area contributed by atoms with Crippen molar-refractivity contribution in [2.24, 2.45) is 0 Å². The fourth-order valence-electron chi connectivity index (χ4n) is 2.37. The van der Waals surface area contributed by atoms with E-state index >= 15 is 0 Å². The molecule has 120 valence electrons. The molecule has 2 amide bonds. The highest BCUT2D eigenvalue weighted by molar-refractivity contribution is 6.31. The SMILES string of the molecule is COc1ccc(Cl)cc1NC(=O)CC1C(=O)Nc2nc(C)nn21. The van der Waals surface area contributed by atoms with Crippen LogP contribution in [0.15, 0.2) is 18.2 Å². The first-order valence-electron chi connectivity index (χ1n) is 6.85. The van der Waals surface area contributed by atoms with Gasteiger partial charge in [0, 0.05) is 5.02 Å². The summed E-state index contributed by atoms with van der Waals surface area (Å²) in [6.07, 6.45) is -0.0721. The lowest BCUT2D eigenvalue weighted by molar-refractivity contribution is -0.123. The molecule has 2 heterocycles. The van der Waals surface area contributed by atoms with E-state index in [4.69, 9.17) is 16.3 Å². The molecule has 23 heavy (non-hydrogen) atoms. The molecule has 1 aromatic carbocycles. The molecular formula is C14H14ClN5O3. The maximum atomic E-state index is 12.3. The first-order chi connectivity index (χ1) is 11.0. The fourth-order valence-corrected chi connectivity index (χ4v) is 2.54. The van der Waals surface area contributed by atoms with Gasteiger partial charge in [0.2, 0.25) is 11.9 Å². The summed E-state index contributed by atoms with van der Waals surface area (Å²) >= 11 is 5.93. The molecule has 2 N–H and O–H groups in total. The number of carbonyl (C=O) groups excluding carboxylic acids is 2. The largest absolute Gasteiger partial charge is 0.495 e. The van der Waals surface area contributed by atoms with Crippen LogP contribution in [0.5, 0.6) is 5.75 Å². The number of aryl methyl sites for hydroxylation is 1. The Morgan fingerprint density at radius 3 is 3.04 bits per heavy atom. The molecule has 1 unspecified atom stereocenters. The number of ether oxygens (including phenoxy) is 1. The lowest BCUT2D eigenvalue weighted by atomic mass is 10.2. The Bertz CT molecular complexity index is 789. The van der Waals surface area contributed by atoms with Crippen molar-refractivity contribution in [2.45, 2.75) is 19.4 Å². The number of amides is 2. The number of nitrogens with zero attached hydrogens (tertiary/aromatic N) is 3. The number of nitrogens with one attached hydrogen (secondary N) is 2. The predicted molar refractivity (Wildman–Crippen MR) is 83.7 cm³/mol. The van der Waals surface area contributed by atoms with Gasteiger partial charge in [0.15, 0.2) is 0 Å². The molecule has 0 radical (unpaired) electrons. The quantitative estimate of drug-likeness (QED) is 0.887. The molecule has 0 bridgehead atoms. The van der Waals surface area contributed by atoms with Crippen molar-refractivity contribution in [3.8, 4) is 5.75 Å². The van der Waals surface area contributed by atoms with E-state index < -0.39 is 6.04 Å². The van der Waals surface area contributed by atoms with E-state index in [2.05, 4.69) is 20.7 Å². The Labute approximate surface area is 136 Å². The first kappa shape index (κ1) is 15.3. The Kier molecular flexibility index (Phi) is 3.91.